The van der Waals surface area contributed by atoms with E-state index in [1.807, 2.05) is 0 Å². The molecule has 0 radical (unpaired) electrons. The van der Waals surface area contributed by atoms with Gasteiger partial charge in [0.1, 0.15) is 11.6 Å². The molecule has 2 rings (SSSR count). The van der Waals surface area contributed by atoms with Gasteiger partial charge in [-0.1, -0.05) is 13.0 Å². The molecule has 1 aliphatic heterocycles. The molecule has 20 heavy (non-hydrogen) atoms. The van der Waals surface area contributed by atoms with E-state index in [-0.39, 0.29) is 12.1 Å². The molecule has 2 nitrogen and oxygen atoms in total. The molecule has 1 aliphatic rings. The number of hydrogen-bond acceptors (Lipinski definition) is 2. The molecular weight excluding hydrogens is 260 g/mol. The van der Waals surface area contributed by atoms with Crippen molar-refractivity contribution in [2.75, 3.05) is 13.2 Å². The van der Waals surface area contributed by atoms with Gasteiger partial charge in [0.05, 0.1) is 6.10 Å². The molecule has 1 saturated heterocycles. The number of ether oxygens (including phenoxy) is 1. The quantitative estimate of drug-likeness (QED) is 0.853. The molecule has 1 aromatic carbocycles. The van der Waals surface area contributed by atoms with Gasteiger partial charge in [0.25, 0.3) is 0 Å². The summed E-state index contributed by atoms with van der Waals surface area (Å²) in [6, 6.07) is 3.71. The predicted octanol–water partition coefficient (Wildman–Crippen LogP) is 3.96. The minimum atomic E-state index is -0.533. The number of hydrogen-bond donors (Lipinski definition) is 1. The van der Waals surface area contributed by atoms with Gasteiger partial charge < -0.3 is 10.1 Å². The van der Waals surface area contributed by atoms with Crippen LogP contribution in [-0.2, 0) is 4.74 Å². The largest absolute Gasteiger partial charge is 0.378 e. The van der Waals surface area contributed by atoms with E-state index in [9.17, 15) is 8.78 Å². The van der Waals surface area contributed by atoms with Gasteiger partial charge in [-0.3, -0.25) is 0 Å². The molecule has 2 unspecified atom stereocenters. The lowest BCUT2D eigenvalue weighted by Crippen LogP contribution is -2.30. The minimum Gasteiger partial charge on any atom is -0.378 e. The third kappa shape index (κ3) is 4.25. The second kappa shape index (κ2) is 7.70. The number of halogens is 2. The summed E-state index contributed by atoms with van der Waals surface area (Å²) in [5.41, 5.74) is 0.536. The first-order chi connectivity index (χ1) is 9.70. The average molecular weight is 283 g/mol. The zero-order chi connectivity index (χ0) is 14.4. The highest BCUT2D eigenvalue weighted by Gasteiger charge is 2.22. The highest BCUT2D eigenvalue weighted by Crippen LogP contribution is 2.27. The lowest BCUT2D eigenvalue weighted by Gasteiger charge is -2.28. The Balaban J connectivity index is 2.08. The monoisotopic (exact) mass is 283 g/mol. The molecule has 0 aromatic heterocycles. The Kier molecular flexibility index (Phi) is 5.92. The summed E-state index contributed by atoms with van der Waals surface area (Å²) in [5.74, 6) is -1.01. The Labute approximate surface area is 119 Å². The molecule has 0 bridgehead atoms. The van der Waals surface area contributed by atoms with Crippen molar-refractivity contribution < 1.29 is 13.5 Å². The highest BCUT2D eigenvalue weighted by molar-refractivity contribution is 5.22. The van der Waals surface area contributed by atoms with E-state index in [2.05, 4.69) is 12.2 Å². The summed E-state index contributed by atoms with van der Waals surface area (Å²) in [6.07, 6.45) is 5.18. The standard InChI is InChI=1S/C16H23F2NO/c1-2-8-19-16(11-13-5-3-4-9-20-13)14-7-6-12(17)10-15(14)18/h6-7,10,13,16,19H,2-5,8-9,11H2,1H3. The van der Waals surface area contributed by atoms with Crippen LogP contribution >= 0.6 is 0 Å². The maximum atomic E-state index is 14.0. The first kappa shape index (κ1) is 15.4. The molecule has 1 fully saturated rings. The van der Waals surface area contributed by atoms with E-state index in [0.29, 0.717) is 5.56 Å². The first-order valence-corrected chi connectivity index (χ1v) is 7.50. The molecule has 4 heteroatoms. The van der Waals surface area contributed by atoms with Gasteiger partial charge in [0.15, 0.2) is 0 Å². The van der Waals surface area contributed by atoms with Crippen molar-refractivity contribution in [2.24, 2.45) is 0 Å². The molecule has 0 amide bonds. The van der Waals surface area contributed by atoms with Gasteiger partial charge >= 0.3 is 0 Å². The third-order valence-electron chi connectivity index (χ3n) is 3.75. The molecule has 0 saturated carbocycles. The Morgan fingerprint density at radius 3 is 2.85 bits per heavy atom. The fourth-order valence-electron chi connectivity index (χ4n) is 2.68. The summed E-state index contributed by atoms with van der Waals surface area (Å²) in [6.45, 7) is 3.67. The first-order valence-electron chi connectivity index (χ1n) is 7.50. The summed E-state index contributed by atoms with van der Waals surface area (Å²) in [4.78, 5) is 0. The van der Waals surface area contributed by atoms with Crippen molar-refractivity contribution in [3.8, 4) is 0 Å². The van der Waals surface area contributed by atoms with Gasteiger partial charge in [-0.25, -0.2) is 8.78 Å². The topological polar surface area (TPSA) is 21.3 Å². The van der Waals surface area contributed by atoms with Crippen LogP contribution in [0.4, 0.5) is 8.78 Å². The van der Waals surface area contributed by atoms with Crippen LogP contribution in [-0.4, -0.2) is 19.3 Å². The van der Waals surface area contributed by atoms with Crippen LogP contribution in [0.5, 0.6) is 0 Å². The van der Waals surface area contributed by atoms with Crippen LogP contribution in [0.15, 0.2) is 18.2 Å². The number of nitrogens with one attached hydrogen (secondary N) is 1. The van der Waals surface area contributed by atoms with Crippen molar-refractivity contribution in [3.63, 3.8) is 0 Å². The second-order valence-electron chi connectivity index (χ2n) is 5.40. The van der Waals surface area contributed by atoms with E-state index < -0.39 is 11.6 Å². The fraction of sp³-hybridized carbons (Fsp3) is 0.625. The molecule has 0 aliphatic carbocycles. The van der Waals surface area contributed by atoms with Crippen molar-refractivity contribution in [2.45, 2.75) is 51.2 Å². The summed E-state index contributed by atoms with van der Waals surface area (Å²) < 4.78 is 32.7. The van der Waals surface area contributed by atoms with Crippen LogP contribution in [0.1, 0.15) is 50.6 Å². The number of rotatable bonds is 6. The zero-order valence-corrected chi connectivity index (χ0v) is 12.0. The normalized spacial score (nSPS) is 20.9. The van der Waals surface area contributed by atoms with Gasteiger partial charge in [-0.05, 0) is 44.7 Å². The van der Waals surface area contributed by atoms with Gasteiger partial charge in [0, 0.05) is 24.3 Å². The maximum Gasteiger partial charge on any atom is 0.130 e. The Morgan fingerprint density at radius 1 is 1.35 bits per heavy atom. The van der Waals surface area contributed by atoms with Crippen molar-refractivity contribution in [1.82, 2.24) is 5.32 Å². The molecule has 0 spiro atoms. The molecule has 1 N–H and O–H groups in total. The highest BCUT2D eigenvalue weighted by atomic mass is 19.1. The molecular formula is C16H23F2NO. The lowest BCUT2D eigenvalue weighted by molar-refractivity contribution is 0.00485. The smallest absolute Gasteiger partial charge is 0.130 e. The molecule has 112 valence electrons. The van der Waals surface area contributed by atoms with Crippen molar-refractivity contribution in [1.29, 1.82) is 0 Å². The summed E-state index contributed by atoms with van der Waals surface area (Å²) in [5, 5.41) is 3.35. The predicted molar refractivity (Wildman–Crippen MR) is 75.6 cm³/mol. The lowest BCUT2D eigenvalue weighted by atomic mass is 9.96. The van der Waals surface area contributed by atoms with E-state index in [1.165, 1.54) is 6.07 Å². The molecule has 1 aromatic rings. The van der Waals surface area contributed by atoms with E-state index in [0.717, 1.165) is 51.3 Å². The van der Waals surface area contributed by atoms with Crippen LogP contribution in [0.25, 0.3) is 0 Å². The fourth-order valence-corrected chi connectivity index (χ4v) is 2.68. The molecule has 1 heterocycles. The minimum absolute atomic E-state index is 0.112. The summed E-state index contributed by atoms with van der Waals surface area (Å²) >= 11 is 0. The van der Waals surface area contributed by atoms with Crippen LogP contribution < -0.4 is 5.32 Å². The van der Waals surface area contributed by atoms with Crippen LogP contribution in [0, 0.1) is 11.6 Å². The Hall–Kier alpha value is -1.00. The second-order valence-corrected chi connectivity index (χ2v) is 5.40. The van der Waals surface area contributed by atoms with Crippen molar-refractivity contribution in [3.05, 3.63) is 35.4 Å². The van der Waals surface area contributed by atoms with E-state index >= 15 is 0 Å². The third-order valence-corrected chi connectivity index (χ3v) is 3.75. The van der Waals surface area contributed by atoms with Crippen LogP contribution in [0.2, 0.25) is 0 Å². The van der Waals surface area contributed by atoms with Gasteiger partial charge in [-0.2, -0.15) is 0 Å². The SMILES string of the molecule is CCCNC(CC1CCCCO1)c1ccc(F)cc1F. The van der Waals surface area contributed by atoms with Gasteiger partial charge in [0.2, 0.25) is 0 Å². The average Bonchev–Trinajstić information content (AvgIpc) is 2.45. The van der Waals surface area contributed by atoms with Crippen molar-refractivity contribution >= 4 is 0 Å². The Morgan fingerprint density at radius 2 is 2.20 bits per heavy atom. The van der Waals surface area contributed by atoms with Gasteiger partial charge in [-0.15, -0.1) is 0 Å². The maximum absolute atomic E-state index is 14.0. The zero-order valence-electron chi connectivity index (χ0n) is 12.0. The number of benzene rings is 1. The van der Waals surface area contributed by atoms with E-state index in [1.54, 1.807) is 6.07 Å². The summed E-state index contributed by atoms with van der Waals surface area (Å²) in [7, 11) is 0. The Bertz CT molecular complexity index is 419. The molecule has 2 atom stereocenters. The van der Waals surface area contributed by atoms with Crippen LogP contribution in [0.3, 0.4) is 0 Å². The van der Waals surface area contributed by atoms with E-state index in [4.69, 9.17) is 4.74 Å².